The van der Waals surface area contributed by atoms with E-state index in [1.165, 1.54) is 0 Å². The Bertz CT molecular complexity index is 264. The van der Waals surface area contributed by atoms with E-state index in [4.69, 9.17) is 10.2 Å². The molecule has 4 N–H and O–H groups in total. The number of carbonyl (C=O) groups is 2. The predicted molar refractivity (Wildman–Crippen MR) is 60.7 cm³/mol. The Labute approximate surface area is 99.8 Å². The summed E-state index contributed by atoms with van der Waals surface area (Å²) in [6.07, 6.45) is 0.873. The van der Waals surface area contributed by atoms with Crippen LogP contribution in [0, 0.1) is 0 Å². The second-order valence-corrected chi connectivity index (χ2v) is 3.94. The molecule has 0 spiro atoms. The molecule has 0 aromatic heterocycles. The predicted octanol–water partition coefficient (Wildman–Crippen LogP) is -1.17. The van der Waals surface area contributed by atoms with Gasteiger partial charge in [-0.25, -0.2) is 9.59 Å². The molecule has 0 radical (unpaired) electrons. The van der Waals surface area contributed by atoms with E-state index in [0.29, 0.717) is 19.6 Å². The molecule has 1 fully saturated rings. The van der Waals surface area contributed by atoms with Gasteiger partial charge in [-0.1, -0.05) is 0 Å². The average molecular weight is 245 g/mol. The first-order valence-corrected chi connectivity index (χ1v) is 5.75. The van der Waals surface area contributed by atoms with Crippen molar-refractivity contribution >= 4 is 12.0 Å². The topological polar surface area (TPSA) is 102 Å². The first-order valence-electron chi connectivity index (χ1n) is 5.75. The van der Waals surface area contributed by atoms with E-state index in [1.54, 1.807) is 4.90 Å². The molecule has 1 aliphatic heterocycles. The highest BCUT2D eigenvalue weighted by Crippen LogP contribution is 1.99. The summed E-state index contributed by atoms with van der Waals surface area (Å²) < 4.78 is 0. The number of urea groups is 1. The minimum atomic E-state index is -1.12. The zero-order valence-electron chi connectivity index (χ0n) is 9.69. The van der Waals surface area contributed by atoms with Crippen LogP contribution in [0.2, 0.25) is 0 Å². The van der Waals surface area contributed by atoms with Crippen molar-refractivity contribution < 1.29 is 19.8 Å². The van der Waals surface area contributed by atoms with E-state index in [0.717, 1.165) is 13.0 Å². The van der Waals surface area contributed by atoms with Gasteiger partial charge in [-0.15, -0.1) is 0 Å². The minimum Gasteiger partial charge on any atom is -0.480 e. The van der Waals surface area contributed by atoms with Crippen LogP contribution in [-0.4, -0.2) is 65.9 Å². The number of carbonyl (C=O) groups excluding carboxylic acids is 1. The highest BCUT2D eigenvalue weighted by atomic mass is 16.4. The van der Waals surface area contributed by atoms with Gasteiger partial charge in [-0.05, 0) is 13.0 Å². The standard InChI is InChI=1S/C10H19N3O4/c14-7-2-8(9(15)16)12-10(17)13-5-1-3-11-4-6-13/h8,11,14H,1-7H2,(H,12,17)(H,15,16)/t8-/m1/s1. The number of carboxylic acids is 1. The van der Waals surface area contributed by atoms with Crippen LogP contribution in [0.1, 0.15) is 12.8 Å². The van der Waals surface area contributed by atoms with E-state index in [2.05, 4.69) is 10.6 Å². The Hall–Kier alpha value is -1.34. The van der Waals surface area contributed by atoms with Crippen molar-refractivity contribution in [2.24, 2.45) is 0 Å². The van der Waals surface area contributed by atoms with Gasteiger partial charge in [0.15, 0.2) is 0 Å². The maximum Gasteiger partial charge on any atom is 0.326 e. The van der Waals surface area contributed by atoms with Crippen molar-refractivity contribution in [2.75, 3.05) is 32.8 Å². The molecule has 7 nitrogen and oxygen atoms in total. The molecule has 0 bridgehead atoms. The lowest BCUT2D eigenvalue weighted by Crippen LogP contribution is -2.49. The van der Waals surface area contributed by atoms with Gasteiger partial charge in [-0.2, -0.15) is 0 Å². The average Bonchev–Trinajstić information content (AvgIpc) is 2.56. The molecular weight excluding hydrogens is 226 g/mol. The van der Waals surface area contributed by atoms with Gasteiger partial charge in [-0.3, -0.25) is 0 Å². The normalized spacial score (nSPS) is 18.3. The van der Waals surface area contributed by atoms with E-state index >= 15 is 0 Å². The summed E-state index contributed by atoms with van der Waals surface area (Å²) in [7, 11) is 0. The lowest BCUT2D eigenvalue weighted by atomic mass is 10.2. The Kier molecular flexibility index (Phi) is 5.71. The molecule has 0 aromatic rings. The van der Waals surface area contributed by atoms with Crippen LogP contribution in [0.3, 0.4) is 0 Å². The molecule has 0 aliphatic carbocycles. The Morgan fingerprint density at radius 1 is 1.35 bits per heavy atom. The summed E-state index contributed by atoms with van der Waals surface area (Å²) in [5.74, 6) is -1.12. The third-order valence-corrected chi connectivity index (χ3v) is 2.64. The lowest BCUT2D eigenvalue weighted by Gasteiger charge is -2.23. The van der Waals surface area contributed by atoms with Gasteiger partial charge in [0, 0.05) is 32.7 Å². The number of hydrogen-bond donors (Lipinski definition) is 4. The maximum atomic E-state index is 11.8. The number of rotatable bonds is 4. The van der Waals surface area contributed by atoms with Gasteiger partial charge >= 0.3 is 12.0 Å². The highest BCUT2D eigenvalue weighted by molar-refractivity contribution is 5.82. The molecular formula is C10H19N3O4. The number of nitrogens with one attached hydrogen (secondary N) is 2. The zero-order valence-corrected chi connectivity index (χ0v) is 9.69. The van der Waals surface area contributed by atoms with Crippen molar-refractivity contribution in [2.45, 2.75) is 18.9 Å². The van der Waals surface area contributed by atoms with E-state index in [1.807, 2.05) is 0 Å². The quantitative estimate of drug-likeness (QED) is 0.500. The number of carboxylic acid groups (broad SMARTS) is 1. The maximum absolute atomic E-state index is 11.8. The number of hydrogen-bond acceptors (Lipinski definition) is 4. The number of aliphatic hydroxyl groups is 1. The Morgan fingerprint density at radius 3 is 2.76 bits per heavy atom. The fourth-order valence-electron chi connectivity index (χ4n) is 1.68. The molecule has 98 valence electrons. The molecule has 7 heteroatoms. The third kappa shape index (κ3) is 4.58. The number of aliphatic hydroxyl groups excluding tert-OH is 1. The van der Waals surface area contributed by atoms with Crippen molar-refractivity contribution in [1.82, 2.24) is 15.5 Å². The summed E-state index contributed by atoms with van der Waals surface area (Å²) in [4.78, 5) is 24.2. The second kappa shape index (κ2) is 7.08. The van der Waals surface area contributed by atoms with Crippen molar-refractivity contribution in [3.63, 3.8) is 0 Å². The number of amides is 2. The molecule has 0 unspecified atom stereocenters. The van der Waals surface area contributed by atoms with E-state index < -0.39 is 12.0 Å². The molecule has 17 heavy (non-hydrogen) atoms. The van der Waals surface area contributed by atoms with Gasteiger partial charge < -0.3 is 25.7 Å². The van der Waals surface area contributed by atoms with Crippen molar-refractivity contribution in [3.8, 4) is 0 Å². The first-order chi connectivity index (χ1) is 8.15. The smallest absolute Gasteiger partial charge is 0.326 e. The van der Waals surface area contributed by atoms with Crippen molar-refractivity contribution in [3.05, 3.63) is 0 Å². The molecule has 1 rings (SSSR count). The van der Waals surface area contributed by atoms with Crippen LogP contribution in [0.25, 0.3) is 0 Å². The van der Waals surface area contributed by atoms with Crippen molar-refractivity contribution in [1.29, 1.82) is 0 Å². The summed E-state index contributed by atoms with van der Waals surface area (Å²) >= 11 is 0. The lowest BCUT2D eigenvalue weighted by molar-refractivity contribution is -0.139. The molecule has 0 saturated carbocycles. The van der Waals surface area contributed by atoms with E-state index in [9.17, 15) is 9.59 Å². The summed E-state index contributed by atoms with van der Waals surface area (Å²) in [6, 6.07) is -1.40. The van der Waals surface area contributed by atoms with Crippen LogP contribution < -0.4 is 10.6 Å². The Morgan fingerprint density at radius 2 is 2.12 bits per heavy atom. The largest absolute Gasteiger partial charge is 0.480 e. The number of nitrogens with zero attached hydrogens (tertiary/aromatic N) is 1. The van der Waals surface area contributed by atoms with E-state index in [-0.39, 0.29) is 19.1 Å². The first kappa shape index (κ1) is 13.7. The highest BCUT2D eigenvalue weighted by Gasteiger charge is 2.22. The van der Waals surface area contributed by atoms with Crippen LogP contribution in [0.15, 0.2) is 0 Å². The minimum absolute atomic E-state index is 0.0210. The fourth-order valence-corrected chi connectivity index (χ4v) is 1.68. The summed E-state index contributed by atoms with van der Waals surface area (Å²) in [5.41, 5.74) is 0. The van der Waals surface area contributed by atoms with Crippen LogP contribution >= 0.6 is 0 Å². The SMILES string of the molecule is O=C(O)[C@@H](CCO)NC(=O)N1CCCNCC1. The van der Waals surface area contributed by atoms with Gasteiger partial charge in [0.25, 0.3) is 0 Å². The van der Waals surface area contributed by atoms with Crippen LogP contribution in [-0.2, 0) is 4.79 Å². The number of aliphatic carboxylic acids is 1. The summed E-state index contributed by atoms with van der Waals surface area (Å²) in [5, 5.41) is 23.1. The molecule has 2 amide bonds. The third-order valence-electron chi connectivity index (χ3n) is 2.64. The molecule has 1 heterocycles. The molecule has 1 aliphatic rings. The zero-order chi connectivity index (χ0) is 12.7. The monoisotopic (exact) mass is 245 g/mol. The second-order valence-electron chi connectivity index (χ2n) is 3.94. The van der Waals surface area contributed by atoms with Gasteiger partial charge in [0.2, 0.25) is 0 Å². The Balaban J connectivity index is 2.47. The molecule has 1 saturated heterocycles. The summed E-state index contributed by atoms with van der Waals surface area (Å²) in [6.45, 7) is 2.49. The van der Waals surface area contributed by atoms with Gasteiger partial charge in [0.05, 0.1) is 0 Å². The fraction of sp³-hybridized carbons (Fsp3) is 0.800. The van der Waals surface area contributed by atoms with Crippen LogP contribution in [0.5, 0.6) is 0 Å². The van der Waals surface area contributed by atoms with Crippen LogP contribution in [0.4, 0.5) is 4.79 Å². The molecule has 0 aromatic carbocycles. The van der Waals surface area contributed by atoms with Gasteiger partial charge in [0.1, 0.15) is 6.04 Å². The molecule has 1 atom stereocenters.